The molecule has 1 aliphatic carbocycles. The van der Waals surface area contributed by atoms with E-state index in [9.17, 15) is 4.79 Å². The third-order valence-corrected chi connectivity index (χ3v) is 7.72. The Hall–Kier alpha value is -2.26. The van der Waals surface area contributed by atoms with Crippen LogP contribution in [0.25, 0.3) is 11.1 Å². The molecule has 1 amide bonds. The molecule has 3 aromatic heterocycles. The lowest BCUT2D eigenvalue weighted by Crippen LogP contribution is -2.33. The van der Waals surface area contributed by atoms with Crippen molar-refractivity contribution in [3.63, 3.8) is 0 Å². The van der Waals surface area contributed by atoms with E-state index < -0.39 is 0 Å². The third-order valence-electron chi connectivity index (χ3n) is 6.25. The summed E-state index contributed by atoms with van der Waals surface area (Å²) < 4.78 is 2.52. The van der Waals surface area contributed by atoms with E-state index in [1.807, 2.05) is 42.5 Å². The zero-order valence-electron chi connectivity index (χ0n) is 16.9. The second kappa shape index (κ2) is 7.77. The number of thiophene rings is 1. The maximum Gasteiger partial charge on any atom is 0.263 e. The number of rotatable bonds is 4. The molecule has 1 saturated carbocycles. The Morgan fingerprint density at radius 1 is 1.27 bits per heavy atom. The van der Waals surface area contributed by atoms with E-state index in [0.29, 0.717) is 17.9 Å². The maximum absolute atomic E-state index is 13.3. The Kier molecular flexibility index (Phi) is 5.10. The van der Waals surface area contributed by atoms with Crippen molar-refractivity contribution in [2.24, 2.45) is 18.9 Å². The van der Waals surface area contributed by atoms with Gasteiger partial charge in [0.05, 0.1) is 11.1 Å². The van der Waals surface area contributed by atoms with Crippen molar-refractivity contribution in [1.29, 1.82) is 0 Å². The first kappa shape index (κ1) is 19.7. The molecule has 0 aromatic carbocycles. The molecule has 9 heteroatoms. The van der Waals surface area contributed by atoms with Crippen LogP contribution in [0.3, 0.4) is 0 Å². The number of nitrogens with zero attached hydrogens (tertiary/aromatic N) is 5. The van der Waals surface area contributed by atoms with Crippen molar-refractivity contribution in [1.82, 2.24) is 24.9 Å². The van der Waals surface area contributed by atoms with Gasteiger partial charge in [0.2, 0.25) is 0 Å². The Balaban J connectivity index is 1.29. The molecule has 4 heterocycles. The first-order valence-corrected chi connectivity index (χ1v) is 11.7. The van der Waals surface area contributed by atoms with E-state index in [1.54, 1.807) is 16.0 Å². The molecule has 1 aliphatic heterocycles. The van der Waals surface area contributed by atoms with Gasteiger partial charge < -0.3 is 10.2 Å². The highest BCUT2D eigenvalue weighted by Crippen LogP contribution is 2.41. The summed E-state index contributed by atoms with van der Waals surface area (Å²) in [5, 5.41) is 16.1. The second-order valence-electron chi connectivity index (χ2n) is 8.19. The van der Waals surface area contributed by atoms with Crippen molar-refractivity contribution in [3.8, 4) is 11.1 Å². The zero-order chi connectivity index (χ0) is 20.8. The van der Waals surface area contributed by atoms with Crippen LogP contribution < -0.4 is 5.32 Å². The number of nitrogens with one attached hydrogen (secondary N) is 1. The molecule has 0 radical (unpaired) electrons. The molecule has 3 atom stereocenters. The molecule has 7 nitrogen and oxygen atoms in total. The quantitative estimate of drug-likeness (QED) is 0.603. The van der Waals surface area contributed by atoms with Gasteiger partial charge in [-0.3, -0.25) is 9.48 Å². The monoisotopic (exact) mass is 486 g/mol. The van der Waals surface area contributed by atoms with E-state index in [1.165, 1.54) is 0 Å². The first-order chi connectivity index (χ1) is 14.5. The summed E-state index contributed by atoms with van der Waals surface area (Å²) in [4.78, 5) is 17.3. The summed E-state index contributed by atoms with van der Waals surface area (Å²) in [6.45, 7) is 3.71. The smallest absolute Gasteiger partial charge is 0.263 e. The van der Waals surface area contributed by atoms with Crippen LogP contribution in [0.15, 0.2) is 35.2 Å². The topological polar surface area (TPSA) is 75.9 Å². The van der Waals surface area contributed by atoms with Gasteiger partial charge in [0.25, 0.3) is 5.91 Å². The van der Waals surface area contributed by atoms with E-state index in [0.717, 1.165) is 57.2 Å². The molecule has 2 fully saturated rings. The van der Waals surface area contributed by atoms with Crippen LogP contribution in [0.5, 0.6) is 0 Å². The van der Waals surface area contributed by atoms with Crippen LogP contribution in [0, 0.1) is 18.8 Å². The molecule has 0 bridgehead atoms. The van der Waals surface area contributed by atoms with Gasteiger partial charge in [-0.1, -0.05) is 0 Å². The van der Waals surface area contributed by atoms with Crippen LogP contribution in [0.4, 0.5) is 5.82 Å². The Labute approximate surface area is 187 Å². The van der Waals surface area contributed by atoms with E-state index in [-0.39, 0.29) is 5.91 Å². The zero-order valence-corrected chi connectivity index (χ0v) is 19.3. The van der Waals surface area contributed by atoms with Gasteiger partial charge in [-0.25, -0.2) is 0 Å². The summed E-state index contributed by atoms with van der Waals surface area (Å²) in [7, 11) is 1.91. The normalized spacial score (nSPS) is 23.0. The third kappa shape index (κ3) is 3.65. The highest BCUT2D eigenvalue weighted by atomic mass is 79.9. The average Bonchev–Trinajstić information content (AvgIpc) is 3.48. The second-order valence-corrected chi connectivity index (χ2v) is 10.3. The number of likely N-dealkylation sites (tertiary alicyclic amines) is 1. The van der Waals surface area contributed by atoms with E-state index in [2.05, 4.69) is 43.5 Å². The molecular weight excluding hydrogens is 464 g/mol. The number of hydrogen-bond acceptors (Lipinski definition) is 6. The van der Waals surface area contributed by atoms with Gasteiger partial charge in [-0.2, -0.15) is 5.10 Å². The van der Waals surface area contributed by atoms with Gasteiger partial charge >= 0.3 is 0 Å². The molecule has 1 N–H and O–H groups in total. The van der Waals surface area contributed by atoms with Crippen LogP contribution >= 0.6 is 27.3 Å². The fourth-order valence-corrected chi connectivity index (χ4v) is 6.00. The van der Waals surface area contributed by atoms with Gasteiger partial charge in [-0.05, 0) is 65.4 Å². The van der Waals surface area contributed by atoms with Crippen molar-refractivity contribution < 1.29 is 4.79 Å². The molecule has 1 saturated heterocycles. The summed E-state index contributed by atoms with van der Waals surface area (Å²) in [6.07, 6.45) is 6.09. The van der Waals surface area contributed by atoms with Gasteiger partial charge in [0, 0.05) is 48.7 Å². The van der Waals surface area contributed by atoms with Gasteiger partial charge in [0.15, 0.2) is 0 Å². The highest BCUT2D eigenvalue weighted by molar-refractivity contribution is 9.10. The van der Waals surface area contributed by atoms with Crippen molar-refractivity contribution >= 4 is 39.0 Å². The number of aromatic nitrogens is 4. The summed E-state index contributed by atoms with van der Waals surface area (Å²) in [5.41, 5.74) is 2.16. The Morgan fingerprint density at radius 3 is 2.87 bits per heavy atom. The lowest BCUT2D eigenvalue weighted by Gasteiger charge is -2.21. The summed E-state index contributed by atoms with van der Waals surface area (Å²) in [5.74, 6) is 1.95. The molecule has 0 spiro atoms. The number of aryl methyl sites for hydroxylation is 2. The van der Waals surface area contributed by atoms with Crippen LogP contribution in [-0.4, -0.2) is 49.9 Å². The van der Waals surface area contributed by atoms with Crippen LogP contribution in [0.2, 0.25) is 0 Å². The number of carbonyl (C=O) groups excluding carboxylic acids is 1. The van der Waals surface area contributed by atoms with Gasteiger partial charge in [0.1, 0.15) is 10.4 Å². The minimum absolute atomic E-state index is 0.148. The Bertz CT molecular complexity index is 1080. The minimum atomic E-state index is 0.148. The summed E-state index contributed by atoms with van der Waals surface area (Å²) in [6, 6.07) is 6.20. The fourth-order valence-electron chi connectivity index (χ4n) is 4.78. The average molecular weight is 487 g/mol. The molecule has 3 aromatic rings. The number of hydrogen-bond donors (Lipinski definition) is 1. The number of amides is 1. The lowest BCUT2D eigenvalue weighted by molar-refractivity contribution is 0.0785. The number of anilines is 1. The van der Waals surface area contributed by atoms with E-state index >= 15 is 0 Å². The van der Waals surface area contributed by atoms with Crippen LogP contribution in [0.1, 0.15) is 27.4 Å². The molecule has 0 unspecified atom stereocenters. The maximum atomic E-state index is 13.3. The van der Waals surface area contributed by atoms with Crippen molar-refractivity contribution in [2.45, 2.75) is 25.8 Å². The van der Waals surface area contributed by atoms with Crippen LogP contribution in [-0.2, 0) is 7.05 Å². The molecular formula is C21H23BrN6OS. The predicted molar refractivity (Wildman–Crippen MR) is 121 cm³/mol. The molecule has 30 heavy (non-hydrogen) atoms. The molecule has 5 rings (SSSR count). The standard InChI is InChI=1S/C21H23BrN6OS/c1-12-15(14-8-23-27(2)9-14)7-18(30-12)21(29)28-10-13-3-4-17(16(13)11-28)24-20-6-5-19(22)25-26-20/h5-9,13,16-17H,3-4,10-11H2,1-2H3,(H,24,26)/t13-,16+,17+/m0/s1. The lowest BCUT2D eigenvalue weighted by atomic mass is 9.98. The molecule has 2 aliphatic rings. The number of fused-ring (bicyclic) bond motifs is 1. The minimum Gasteiger partial charge on any atom is -0.365 e. The highest BCUT2D eigenvalue weighted by Gasteiger charge is 2.44. The SMILES string of the molecule is Cc1sc(C(=O)N2C[C@@H]3CC[C@@H](Nc4ccc(Br)nn4)[C@@H]3C2)cc1-c1cnn(C)c1. The summed E-state index contributed by atoms with van der Waals surface area (Å²) >= 11 is 4.90. The fraction of sp³-hybridized carbons (Fsp3) is 0.429. The van der Waals surface area contributed by atoms with Crippen molar-refractivity contribution in [2.75, 3.05) is 18.4 Å². The van der Waals surface area contributed by atoms with Gasteiger partial charge in [-0.15, -0.1) is 21.5 Å². The predicted octanol–water partition coefficient (Wildman–Crippen LogP) is 3.97. The van der Waals surface area contributed by atoms with E-state index in [4.69, 9.17) is 0 Å². The number of carbonyl (C=O) groups is 1. The molecule has 156 valence electrons. The van der Waals surface area contributed by atoms with Crippen molar-refractivity contribution in [3.05, 3.63) is 45.0 Å². The largest absolute Gasteiger partial charge is 0.365 e. The Morgan fingerprint density at radius 2 is 2.13 bits per heavy atom. The first-order valence-electron chi connectivity index (χ1n) is 10.1. The number of halogens is 1.